The molecule has 0 spiro atoms. The Morgan fingerprint density at radius 1 is 1.11 bits per heavy atom. The number of aromatic nitrogens is 1. The molecule has 6 heteroatoms. The lowest BCUT2D eigenvalue weighted by atomic mass is 10.00. The normalized spacial score (nSPS) is 19.0. The third-order valence-corrected chi connectivity index (χ3v) is 6.35. The van der Waals surface area contributed by atoms with E-state index in [0.717, 1.165) is 42.2 Å². The van der Waals surface area contributed by atoms with Crippen molar-refractivity contribution in [3.05, 3.63) is 82.0 Å². The average molecular weight is 376 g/mol. The second-order valence-electron chi connectivity index (χ2n) is 6.99. The predicted molar refractivity (Wildman–Crippen MR) is 107 cm³/mol. The van der Waals surface area contributed by atoms with E-state index in [0.29, 0.717) is 0 Å². The lowest BCUT2D eigenvalue weighted by molar-refractivity contribution is 0.0934. The highest BCUT2D eigenvalue weighted by atomic mass is 32.1. The van der Waals surface area contributed by atoms with Gasteiger partial charge in [0.1, 0.15) is 11.2 Å². The summed E-state index contributed by atoms with van der Waals surface area (Å²) in [6.07, 6.45) is 4.22. The molecule has 2 N–H and O–H groups in total. The van der Waals surface area contributed by atoms with Crippen molar-refractivity contribution >= 4 is 22.2 Å². The van der Waals surface area contributed by atoms with Gasteiger partial charge < -0.3 is 10.6 Å². The Morgan fingerprint density at radius 2 is 1.93 bits per heavy atom. The Labute approximate surface area is 162 Å². The van der Waals surface area contributed by atoms with E-state index >= 15 is 0 Å². The molecule has 0 bridgehead atoms. The van der Waals surface area contributed by atoms with E-state index in [9.17, 15) is 4.79 Å². The van der Waals surface area contributed by atoms with Gasteiger partial charge in [0, 0.05) is 36.9 Å². The molecule has 0 saturated carbocycles. The van der Waals surface area contributed by atoms with Gasteiger partial charge in [-0.25, -0.2) is 0 Å². The van der Waals surface area contributed by atoms with E-state index in [1.807, 2.05) is 12.1 Å². The number of anilines is 1. The van der Waals surface area contributed by atoms with E-state index in [1.54, 1.807) is 23.7 Å². The molecular formula is C21H20N4OS. The fourth-order valence-corrected chi connectivity index (χ4v) is 5.18. The molecule has 3 aromatic rings. The standard InChI is InChI=1S/C21H20N4OS/c26-20-18-16-8-11-25(12-14-4-2-1-3-5-14)13-17(16)27-21(18)24-19(23-20)15-6-9-22-10-7-15/h1-7,9-10,19,24H,8,11-13H2,(H,23,26)/t19-/m0/s1. The first-order chi connectivity index (χ1) is 13.3. The van der Waals surface area contributed by atoms with Gasteiger partial charge in [-0.2, -0.15) is 0 Å². The lowest BCUT2D eigenvalue weighted by Crippen LogP contribution is -2.38. The van der Waals surface area contributed by atoms with Gasteiger partial charge in [-0.05, 0) is 35.2 Å². The van der Waals surface area contributed by atoms with Crippen molar-refractivity contribution in [2.45, 2.75) is 25.7 Å². The highest BCUT2D eigenvalue weighted by molar-refractivity contribution is 7.16. The van der Waals surface area contributed by atoms with Crippen LogP contribution in [-0.2, 0) is 19.5 Å². The minimum atomic E-state index is -0.200. The molecule has 0 saturated heterocycles. The van der Waals surface area contributed by atoms with Gasteiger partial charge in [-0.1, -0.05) is 30.3 Å². The molecule has 136 valence electrons. The van der Waals surface area contributed by atoms with Crippen molar-refractivity contribution in [3.63, 3.8) is 0 Å². The van der Waals surface area contributed by atoms with Crippen molar-refractivity contribution in [3.8, 4) is 0 Å². The van der Waals surface area contributed by atoms with Crippen LogP contribution in [0.25, 0.3) is 0 Å². The topological polar surface area (TPSA) is 57.3 Å². The molecular weight excluding hydrogens is 356 g/mol. The zero-order valence-corrected chi connectivity index (χ0v) is 15.6. The van der Waals surface area contributed by atoms with E-state index in [4.69, 9.17) is 0 Å². The summed E-state index contributed by atoms with van der Waals surface area (Å²) in [6.45, 7) is 2.82. The number of pyridine rings is 1. The SMILES string of the molecule is O=C1N[C@H](c2ccncc2)Nc2sc3c(c21)CCN(Cc1ccccc1)C3. The van der Waals surface area contributed by atoms with E-state index in [1.165, 1.54) is 16.0 Å². The summed E-state index contributed by atoms with van der Waals surface area (Å²) in [5.41, 5.74) is 4.41. The summed E-state index contributed by atoms with van der Waals surface area (Å²) in [7, 11) is 0. The van der Waals surface area contributed by atoms with Crippen molar-refractivity contribution in [2.75, 3.05) is 11.9 Å². The highest BCUT2D eigenvalue weighted by Gasteiger charge is 2.33. The summed E-state index contributed by atoms with van der Waals surface area (Å²) in [6, 6.07) is 14.4. The molecule has 4 heterocycles. The number of hydrogen-bond acceptors (Lipinski definition) is 5. The molecule has 0 radical (unpaired) electrons. The lowest BCUT2D eigenvalue weighted by Gasteiger charge is -2.28. The van der Waals surface area contributed by atoms with Crippen molar-refractivity contribution in [1.82, 2.24) is 15.2 Å². The van der Waals surface area contributed by atoms with Gasteiger partial charge in [0.2, 0.25) is 0 Å². The maximum absolute atomic E-state index is 12.8. The van der Waals surface area contributed by atoms with E-state index in [-0.39, 0.29) is 12.1 Å². The molecule has 5 rings (SSSR count). The number of carbonyl (C=O) groups is 1. The number of rotatable bonds is 3. The first-order valence-electron chi connectivity index (χ1n) is 9.16. The Morgan fingerprint density at radius 3 is 2.74 bits per heavy atom. The molecule has 1 amide bonds. The Hall–Kier alpha value is -2.70. The largest absolute Gasteiger partial charge is 0.353 e. The van der Waals surface area contributed by atoms with Gasteiger partial charge in [0.15, 0.2) is 0 Å². The van der Waals surface area contributed by atoms with Crippen LogP contribution < -0.4 is 10.6 Å². The van der Waals surface area contributed by atoms with Crippen LogP contribution in [0.15, 0.2) is 54.9 Å². The number of benzene rings is 1. The van der Waals surface area contributed by atoms with Crippen LogP contribution in [0.5, 0.6) is 0 Å². The van der Waals surface area contributed by atoms with Crippen molar-refractivity contribution < 1.29 is 4.79 Å². The van der Waals surface area contributed by atoms with Crippen LogP contribution in [0, 0.1) is 0 Å². The molecule has 0 aliphatic carbocycles. The van der Waals surface area contributed by atoms with E-state index < -0.39 is 0 Å². The molecule has 0 unspecified atom stereocenters. The summed E-state index contributed by atoms with van der Waals surface area (Å²) in [5, 5.41) is 7.59. The molecule has 2 aromatic heterocycles. The number of nitrogens with one attached hydrogen (secondary N) is 2. The number of hydrogen-bond donors (Lipinski definition) is 2. The molecule has 2 aliphatic rings. The van der Waals surface area contributed by atoms with E-state index in [2.05, 4.69) is 50.8 Å². The van der Waals surface area contributed by atoms with Crippen LogP contribution in [-0.4, -0.2) is 22.3 Å². The maximum atomic E-state index is 12.8. The van der Waals surface area contributed by atoms with Gasteiger partial charge in [-0.15, -0.1) is 11.3 Å². The number of thiophene rings is 1. The summed E-state index contributed by atoms with van der Waals surface area (Å²) >= 11 is 1.73. The highest BCUT2D eigenvalue weighted by Crippen LogP contribution is 2.40. The summed E-state index contributed by atoms with van der Waals surface area (Å²) in [5.74, 6) is 0.0274. The Bertz CT molecular complexity index is 971. The van der Waals surface area contributed by atoms with Gasteiger partial charge >= 0.3 is 0 Å². The smallest absolute Gasteiger partial charge is 0.256 e. The predicted octanol–water partition coefficient (Wildman–Crippen LogP) is 3.56. The third kappa shape index (κ3) is 3.11. The zero-order chi connectivity index (χ0) is 18.2. The first kappa shape index (κ1) is 16.5. The second kappa shape index (κ2) is 6.79. The summed E-state index contributed by atoms with van der Waals surface area (Å²) < 4.78 is 0. The first-order valence-corrected chi connectivity index (χ1v) is 9.98. The van der Waals surface area contributed by atoms with Gasteiger partial charge in [-0.3, -0.25) is 14.7 Å². The number of carbonyl (C=O) groups excluding carboxylic acids is 1. The van der Waals surface area contributed by atoms with Gasteiger partial charge in [0.25, 0.3) is 5.91 Å². The Balaban J connectivity index is 1.39. The number of nitrogens with zero attached hydrogens (tertiary/aromatic N) is 2. The van der Waals surface area contributed by atoms with Crippen molar-refractivity contribution in [2.24, 2.45) is 0 Å². The molecule has 1 aromatic carbocycles. The monoisotopic (exact) mass is 376 g/mol. The minimum Gasteiger partial charge on any atom is -0.353 e. The number of fused-ring (bicyclic) bond motifs is 3. The quantitative estimate of drug-likeness (QED) is 0.734. The minimum absolute atomic E-state index is 0.0274. The summed E-state index contributed by atoms with van der Waals surface area (Å²) in [4.78, 5) is 20.6. The molecule has 1 atom stereocenters. The Kier molecular flexibility index (Phi) is 4.14. The van der Waals surface area contributed by atoms with Crippen LogP contribution in [0.2, 0.25) is 0 Å². The number of amides is 1. The third-order valence-electron chi connectivity index (χ3n) is 5.20. The molecule has 2 aliphatic heterocycles. The van der Waals surface area contributed by atoms with Crippen LogP contribution in [0.1, 0.15) is 38.1 Å². The molecule has 5 nitrogen and oxygen atoms in total. The molecule has 27 heavy (non-hydrogen) atoms. The average Bonchev–Trinajstić information content (AvgIpc) is 3.07. The second-order valence-corrected chi connectivity index (χ2v) is 8.09. The fourth-order valence-electron chi connectivity index (χ4n) is 3.87. The van der Waals surface area contributed by atoms with Crippen LogP contribution >= 0.6 is 11.3 Å². The van der Waals surface area contributed by atoms with Crippen molar-refractivity contribution in [1.29, 1.82) is 0 Å². The molecule has 0 fully saturated rings. The van der Waals surface area contributed by atoms with Crippen LogP contribution in [0.4, 0.5) is 5.00 Å². The van der Waals surface area contributed by atoms with Gasteiger partial charge in [0.05, 0.1) is 5.56 Å². The maximum Gasteiger partial charge on any atom is 0.256 e. The van der Waals surface area contributed by atoms with Crippen LogP contribution in [0.3, 0.4) is 0 Å². The zero-order valence-electron chi connectivity index (χ0n) is 14.8. The fraction of sp³-hybridized carbons (Fsp3) is 0.238.